The molecule has 2 aromatic heterocycles. The number of carbonyl (C=O) groups is 1. The van der Waals surface area contributed by atoms with E-state index < -0.39 is 23.2 Å². The Balaban J connectivity index is 1.66. The zero-order chi connectivity index (χ0) is 25.1. The van der Waals surface area contributed by atoms with Crippen LogP contribution in [-0.4, -0.2) is 25.5 Å². The lowest BCUT2D eigenvalue weighted by Gasteiger charge is -2.13. The van der Waals surface area contributed by atoms with Crippen LogP contribution in [-0.2, 0) is 6.54 Å². The molecule has 0 aliphatic carbocycles. The summed E-state index contributed by atoms with van der Waals surface area (Å²) in [6.07, 6.45) is 3.27. The lowest BCUT2D eigenvalue weighted by Crippen LogP contribution is -2.07. The fourth-order valence-corrected chi connectivity index (χ4v) is 4.01. The highest BCUT2D eigenvalue weighted by Gasteiger charge is 2.29. The summed E-state index contributed by atoms with van der Waals surface area (Å²) in [6, 6.07) is 24.8. The number of benzene rings is 3. The van der Waals surface area contributed by atoms with Gasteiger partial charge in [0.15, 0.2) is 11.5 Å². The van der Waals surface area contributed by atoms with Gasteiger partial charge < -0.3 is 19.5 Å². The van der Waals surface area contributed by atoms with Crippen LogP contribution in [0.4, 0.5) is 4.39 Å². The van der Waals surface area contributed by atoms with Gasteiger partial charge in [-0.15, -0.1) is 0 Å². The maximum absolute atomic E-state index is 13.5. The number of rotatable bonds is 7. The summed E-state index contributed by atoms with van der Waals surface area (Å²) < 4.78 is 20.9. The zero-order valence-corrected chi connectivity index (χ0v) is 19.0. The van der Waals surface area contributed by atoms with E-state index in [0.29, 0.717) is 22.8 Å². The van der Waals surface area contributed by atoms with Gasteiger partial charge >= 0.3 is 0 Å². The van der Waals surface area contributed by atoms with E-state index in [0.717, 1.165) is 5.56 Å². The van der Waals surface area contributed by atoms with Crippen molar-refractivity contribution in [2.45, 2.75) is 6.54 Å². The molecule has 0 fully saturated rings. The largest absolute Gasteiger partial charge is 0.503 e. The molecule has 0 unspecified atom stereocenters. The van der Waals surface area contributed by atoms with Crippen molar-refractivity contribution in [3.05, 3.63) is 126 Å². The number of ketones is 1. The number of aromatic nitrogens is 2. The van der Waals surface area contributed by atoms with Crippen LogP contribution in [0.1, 0.15) is 21.5 Å². The summed E-state index contributed by atoms with van der Waals surface area (Å²) in [5.41, 5.74) is 1.65. The number of ether oxygens (including phenoxy) is 1. The van der Waals surface area contributed by atoms with Crippen molar-refractivity contribution in [2.24, 2.45) is 0 Å². The number of hydrogen-bond acceptors (Lipinski definition) is 5. The van der Waals surface area contributed by atoms with E-state index in [2.05, 4.69) is 4.98 Å². The molecular formula is C29H21FN2O4. The number of para-hydroxylation sites is 1. The average molecular weight is 480 g/mol. The molecule has 5 aromatic rings. The molecule has 3 aromatic carbocycles. The summed E-state index contributed by atoms with van der Waals surface area (Å²) in [5, 5.41) is 21.8. The predicted molar refractivity (Wildman–Crippen MR) is 133 cm³/mol. The van der Waals surface area contributed by atoms with Crippen LogP contribution in [0.2, 0.25) is 0 Å². The zero-order valence-electron chi connectivity index (χ0n) is 19.0. The van der Waals surface area contributed by atoms with Crippen molar-refractivity contribution in [3.63, 3.8) is 0 Å². The van der Waals surface area contributed by atoms with Crippen molar-refractivity contribution in [2.75, 3.05) is 0 Å². The van der Waals surface area contributed by atoms with E-state index in [-0.39, 0.29) is 17.7 Å². The second-order valence-electron chi connectivity index (χ2n) is 8.12. The second-order valence-corrected chi connectivity index (χ2v) is 8.12. The monoisotopic (exact) mass is 480 g/mol. The van der Waals surface area contributed by atoms with Crippen LogP contribution in [0.15, 0.2) is 103 Å². The molecule has 36 heavy (non-hydrogen) atoms. The van der Waals surface area contributed by atoms with Gasteiger partial charge in [0.2, 0.25) is 5.88 Å². The molecule has 0 aliphatic heterocycles. The maximum Gasteiger partial charge on any atom is 0.236 e. The number of aromatic hydroxyl groups is 2. The van der Waals surface area contributed by atoms with Gasteiger partial charge in [0.1, 0.15) is 17.3 Å². The first kappa shape index (κ1) is 22.9. The Hall–Kier alpha value is -4.91. The average Bonchev–Trinajstić information content (AvgIpc) is 3.15. The molecule has 7 heteroatoms. The topological polar surface area (TPSA) is 84.6 Å². The highest BCUT2D eigenvalue weighted by molar-refractivity contribution is 6.15. The quantitative estimate of drug-likeness (QED) is 0.272. The Morgan fingerprint density at radius 3 is 2.36 bits per heavy atom. The SMILES string of the molecule is O=C(c1ccc(F)cc1)c1c(O)c(O)n(Cc2cccnc2)c1-c1cccc(Oc2ccccc2)c1. The normalized spacial score (nSPS) is 10.8. The van der Waals surface area contributed by atoms with Crippen LogP contribution >= 0.6 is 0 Å². The van der Waals surface area contributed by atoms with Gasteiger partial charge in [0, 0.05) is 23.5 Å². The summed E-state index contributed by atoms with van der Waals surface area (Å²) >= 11 is 0. The van der Waals surface area contributed by atoms with Crippen LogP contribution < -0.4 is 4.74 Å². The third kappa shape index (κ3) is 4.54. The molecule has 0 atom stereocenters. The highest BCUT2D eigenvalue weighted by atomic mass is 19.1. The van der Waals surface area contributed by atoms with Gasteiger partial charge in [-0.25, -0.2) is 4.39 Å². The molecule has 0 aliphatic rings. The van der Waals surface area contributed by atoms with E-state index in [9.17, 15) is 19.4 Å². The van der Waals surface area contributed by atoms with Crippen molar-refractivity contribution >= 4 is 5.78 Å². The van der Waals surface area contributed by atoms with Crippen molar-refractivity contribution in [3.8, 4) is 34.4 Å². The first-order valence-corrected chi connectivity index (χ1v) is 11.2. The molecule has 2 N–H and O–H groups in total. The van der Waals surface area contributed by atoms with Gasteiger partial charge in [-0.1, -0.05) is 36.4 Å². The van der Waals surface area contributed by atoms with Gasteiger partial charge in [0.05, 0.1) is 17.8 Å². The maximum atomic E-state index is 13.5. The van der Waals surface area contributed by atoms with E-state index in [1.807, 2.05) is 36.4 Å². The van der Waals surface area contributed by atoms with Crippen molar-refractivity contribution < 1.29 is 24.1 Å². The summed E-state index contributed by atoms with van der Waals surface area (Å²) in [7, 11) is 0. The molecule has 0 saturated carbocycles. The van der Waals surface area contributed by atoms with Crippen LogP contribution in [0.3, 0.4) is 0 Å². The van der Waals surface area contributed by atoms with E-state index in [1.54, 1.807) is 42.7 Å². The molecule has 0 spiro atoms. The Morgan fingerprint density at radius 2 is 1.64 bits per heavy atom. The summed E-state index contributed by atoms with van der Waals surface area (Å²) in [5.74, 6) is -0.928. The Labute approximate surface area is 206 Å². The molecule has 6 nitrogen and oxygen atoms in total. The third-order valence-electron chi connectivity index (χ3n) is 5.69. The molecule has 178 valence electrons. The fraction of sp³-hybridized carbons (Fsp3) is 0.0345. The van der Waals surface area contributed by atoms with Gasteiger partial charge in [-0.2, -0.15) is 0 Å². The summed E-state index contributed by atoms with van der Waals surface area (Å²) in [6.45, 7) is 0.142. The molecule has 0 amide bonds. The Kier molecular flexibility index (Phi) is 6.19. The number of carbonyl (C=O) groups excluding carboxylic acids is 1. The summed E-state index contributed by atoms with van der Waals surface area (Å²) in [4.78, 5) is 17.6. The van der Waals surface area contributed by atoms with Crippen LogP contribution in [0.5, 0.6) is 23.1 Å². The number of hydrogen-bond donors (Lipinski definition) is 2. The lowest BCUT2D eigenvalue weighted by molar-refractivity contribution is 0.103. The predicted octanol–water partition coefficient (Wildman–Crippen LogP) is 6.17. The minimum absolute atomic E-state index is 0.0974. The molecular weight excluding hydrogens is 459 g/mol. The highest BCUT2D eigenvalue weighted by Crippen LogP contribution is 2.43. The minimum Gasteiger partial charge on any atom is -0.503 e. The number of pyridine rings is 1. The Morgan fingerprint density at radius 1 is 0.889 bits per heavy atom. The standard InChI is InChI=1S/C29H21FN2O4/c30-22-13-11-20(12-14-22)27(33)25-26(32(29(35)28(25)34)18-19-6-5-15-31-17-19)21-7-4-10-24(16-21)36-23-8-2-1-3-9-23/h1-17,34-35H,18H2. The van der Waals surface area contributed by atoms with Crippen molar-refractivity contribution in [1.29, 1.82) is 0 Å². The smallest absolute Gasteiger partial charge is 0.236 e. The van der Waals surface area contributed by atoms with E-state index in [4.69, 9.17) is 4.74 Å². The molecule has 5 rings (SSSR count). The molecule has 2 heterocycles. The first-order valence-electron chi connectivity index (χ1n) is 11.2. The first-order chi connectivity index (χ1) is 17.5. The number of halogens is 1. The van der Waals surface area contributed by atoms with Gasteiger partial charge in [-0.3, -0.25) is 9.78 Å². The number of nitrogens with zero attached hydrogens (tertiary/aromatic N) is 2. The van der Waals surface area contributed by atoms with Crippen molar-refractivity contribution in [1.82, 2.24) is 9.55 Å². The lowest BCUT2D eigenvalue weighted by atomic mass is 9.99. The Bertz CT molecular complexity index is 1510. The van der Waals surface area contributed by atoms with Gasteiger partial charge in [-0.05, 0) is 60.2 Å². The van der Waals surface area contributed by atoms with Crippen LogP contribution in [0.25, 0.3) is 11.3 Å². The van der Waals surface area contributed by atoms with Gasteiger partial charge in [0.25, 0.3) is 0 Å². The molecule has 0 saturated heterocycles. The fourth-order valence-electron chi connectivity index (χ4n) is 4.01. The van der Waals surface area contributed by atoms with E-state index >= 15 is 0 Å². The molecule has 0 radical (unpaired) electrons. The third-order valence-corrected chi connectivity index (χ3v) is 5.69. The molecule has 0 bridgehead atoms. The second kappa shape index (κ2) is 9.76. The van der Waals surface area contributed by atoms with E-state index in [1.165, 1.54) is 28.8 Å². The minimum atomic E-state index is -0.558. The van der Waals surface area contributed by atoms with Crippen LogP contribution in [0, 0.1) is 5.82 Å².